The quantitative estimate of drug-likeness (QED) is 0.450. The molecule has 0 saturated heterocycles. The van der Waals surface area contributed by atoms with Crippen molar-refractivity contribution in [3.05, 3.63) is 59.3 Å². The van der Waals surface area contributed by atoms with E-state index in [1.165, 1.54) is 0 Å². The summed E-state index contributed by atoms with van der Waals surface area (Å²) in [5.41, 5.74) is 7.13. The summed E-state index contributed by atoms with van der Waals surface area (Å²) in [5, 5.41) is 0.992. The van der Waals surface area contributed by atoms with Crippen LogP contribution in [0.4, 0.5) is 5.69 Å². The van der Waals surface area contributed by atoms with E-state index in [2.05, 4.69) is 6.58 Å². The lowest BCUT2D eigenvalue weighted by atomic mass is 10.1. The van der Waals surface area contributed by atoms with Crippen LogP contribution in [-0.2, 0) is 0 Å². The van der Waals surface area contributed by atoms with Gasteiger partial charge < -0.3 is 14.9 Å². The lowest BCUT2D eigenvalue weighted by Crippen LogP contribution is -2.05. The summed E-state index contributed by atoms with van der Waals surface area (Å²) < 4.78 is 11.2. The second kappa shape index (κ2) is 4.74. The number of para-hydroxylation sites is 1. The van der Waals surface area contributed by atoms with Gasteiger partial charge in [-0.1, -0.05) is 24.8 Å². The van der Waals surface area contributed by atoms with Crippen molar-refractivity contribution < 1.29 is 9.15 Å². The summed E-state index contributed by atoms with van der Waals surface area (Å²) in [6.07, 6.45) is 1.63. The van der Waals surface area contributed by atoms with Crippen molar-refractivity contribution in [2.24, 2.45) is 0 Å². The zero-order valence-corrected chi connectivity index (χ0v) is 10.8. The molecule has 0 unspecified atom stereocenters. The second-order valence-corrected chi connectivity index (χ2v) is 4.38. The third-order valence-electron chi connectivity index (χ3n) is 3.10. The molecule has 0 aliphatic rings. The van der Waals surface area contributed by atoms with E-state index in [1.54, 1.807) is 36.4 Å². The van der Waals surface area contributed by atoms with Gasteiger partial charge in [0, 0.05) is 0 Å². The molecular weight excluding hydrogens is 254 g/mol. The molecular formula is C16H13NO3. The molecule has 4 nitrogen and oxygen atoms in total. The zero-order valence-electron chi connectivity index (χ0n) is 10.8. The third kappa shape index (κ3) is 1.82. The Morgan fingerprint density at radius 2 is 2.00 bits per heavy atom. The van der Waals surface area contributed by atoms with Gasteiger partial charge in [-0.25, -0.2) is 0 Å². The van der Waals surface area contributed by atoms with Gasteiger partial charge in [0.25, 0.3) is 0 Å². The van der Waals surface area contributed by atoms with Gasteiger partial charge in [0.15, 0.2) is 5.58 Å². The van der Waals surface area contributed by atoms with Crippen LogP contribution in [0.1, 0.15) is 0 Å². The van der Waals surface area contributed by atoms with E-state index < -0.39 is 0 Å². The van der Waals surface area contributed by atoms with Gasteiger partial charge in [0.1, 0.15) is 23.6 Å². The van der Waals surface area contributed by atoms with Crippen molar-refractivity contribution in [1.29, 1.82) is 0 Å². The fraction of sp³-hybridized carbons (Fsp3) is 0.0625. The van der Waals surface area contributed by atoms with Gasteiger partial charge in [-0.15, -0.1) is 0 Å². The molecule has 0 fully saturated rings. The fourth-order valence-corrected chi connectivity index (χ4v) is 2.14. The number of ether oxygens (including phenoxy) is 1. The highest BCUT2D eigenvalue weighted by molar-refractivity contribution is 5.96. The number of nitrogen functional groups attached to an aromatic ring is 1. The van der Waals surface area contributed by atoms with Crippen LogP contribution >= 0.6 is 0 Å². The molecule has 0 atom stereocenters. The van der Waals surface area contributed by atoms with Crippen LogP contribution in [0.5, 0.6) is 5.75 Å². The minimum atomic E-state index is -0.0937. The Hall–Kier alpha value is -2.75. The van der Waals surface area contributed by atoms with Crippen LogP contribution in [-0.4, -0.2) is 6.61 Å². The summed E-state index contributed by atoms with van der Waals surface area (Å²) >= 11 is 0. The van der Waals surface area contributed by atoms with Crippen LogP contribution in [0.3, 0.4) is 0 Å². The summed E-state index contributed by atoms with van der Waals surface area (Å²) in [6.45, 7) is 3.92. The van der Waals surface area contributed by atoms with E-state index in [1.807, 2.05) is 6.07 Å². The summed E-state index contributed by atoms with van der Waals surface area (Å²) in [7, 11) is 0. The Kier molecular flexibility index (Phi) is 2.91. The first kappa shape index (κ1) is 12.3. The molecule has 0 saturated carbocycles. The number of nitrogens with two attached hydrogens (primary N) is 1. The molecule has 0 spiro atoms. The SMILES string of the molecule is C=CCOc1ccc2c(=O)c3ccccc3oc2c1N. The maximum Gasteiger partial charge on any atom is 0.200 e. The largest absolute Gasteiger partial charge is 0.487 e. The molecule has 4 heteroatoms. The van der Waals surface area contributed by atoms with Gasteiger partial charge in [0.05, 0.1) is 10.8 Å². The molecule has 20 heavy (non-hydrogen) atoms. The normalized spacial score (nSPS) is 10.8. The molecule has 1 aromatic heterocycles. The monoisotopic (exact) mass is 267 g/mol. The van der Waals surface area contributed by atoms with E-state index in [-0.39, 0.29) is 5.43 Å². The number of benzene rings is 2. The maximum atomic E-state index is 12.4. The van der Waals surface area contributed by atoms with Crippen LogP contribution in [0.15, 0.2) is 58.3 Å². The zero-order chi connectivity index (χ0) is 14.1. The molecule has 0 bridgehead atoms. The highest BCUT2D eigenvalue weighted by Crippen LogP contribution is 2.31. The Labute approximate surface area is 115 Å². The summed E-state index contributed by atoms with van der Waals surface area (Å²) in [6, 6.07) is 10.4. The maximum absolute atomic E-state index is 12.4. The van der Waals surface area contributed by atoms with Crippen molar-refractivity contribution in [2.45, 2.75) is 0 Å². The predicted octanol–water partition coefficient (Wildman–Crippen LogP) is 3.09. The number of anilines is 1. The predicted molar refractivity (Wildman–Crippen MR) is 80.1 cm³/mol. The van der Waals surface area contributed by atoms with Crippen molar-refractivity contribution in [3.8, 4) is 5.75 Å². The lowest BCUT2D eigenvalue weighted by Gasteiger charge is -2.09. The smallest absolute Gasteiger partial charge is 0.200 e. The molecule has 3 aromatic rings. The van der Waals surface area contributed by atoms with E-state index in [9.17, 15) is 4.79 Å². The fourth-order valence-electron chi connectivity index (χ4n) is 2.14. The first-order chi connectivity index (χ1) is 9.72. The van der Waals surface area contributed by atoms with Crippen molar-refractivity contribution in [1.82, 2.24) is 0 Å². The number of hydrogen-bond acceptors (Lipinski definition) is 4. The molecule has 2 aromatic carbocycles. The van der Waals surface area contributed by atoms with E-state index in [0.29, 0.717) is 40.0 Å². The first-order valence-corrected chi connectivity index (χ1v) is 6.20. The average Bonchev–Trinajstić information content (AvgIpc) is 2.48. The number of rotatable bonds is 3. The highest BCUT2D eigenvalue weighted by atomic mass is 16.5. The highest BCUT2D eigenvalue weighted by Gasteiger charge is 2.12. The minimum absolute atomic E-state index is 0.0937. The van der Waals surface area contributed by atoms with Crippen molar-refractivity contribution >= 4 is 27.6 Å². The van der Waals surface area contributed by atoms with Crippen LogP contribution in [0, 0.1) is 0 Å². The van der Waals surface area contributed by atoms with E-state index in [0.717, 1.165) is 0 Å². The Morgan fingerprint density at radius 1 is 1.20 bits per heavy atom. The summed E-state index contributed by atoms with van der Waals surface area (Å²) in [4.78, 5) is 12.4. The standard InChI is InChI=1S/C16H13NO3/c1-2-9-19-13-8-7-11-15(18)10-5-3-4-6-12(10)20-16(11)14(13)17/h2-8H,1,9,17H2. The Bertz CT molecular complexity index is 865. The van der Waals surface area contributed by atoms with Gasteiger partial charge in [-0.2, -0.15) is 0 Å². The molecule has 0 amide bonds. The molecule has 2 N–H and O–H groups in total. The Balaban J connectivity index is 2.34. The molecule has 3 rings (SSSR count). The first-order valence-electron chi connectivity index (χ1n) is 6.20. The summed E-state index contributed by atoms with van der Waals surface area (Å²) in [5.74, 6) is 0.482. The minimum Gasteiger partial charge on any atom is -0.487 e. The second-order valence-electron chi connectivity index (χ2n) is 4.38. The number of fused-ring (bicyclic) bond motifs is 2. The van der Waals surface area contributed by atoms with Crippen LogP contribution in [0.2, 0.25) is 0 Å². The van der Waals surface area contributed by atoms with Crippen molar-refractivity contribution in [3.63, 3.8) is 0 Å². The third-order valence-corrected chi connectivity index (χ3v) is 3.10. The molecule has 0 aliphatic carbocycles. The lowest BCUT2D eigenvalue weighted by molar-refractivity contribution is 0.365. The van der Waals surface area contributed by atoms with Crippen molar-refractivity contribution in [2.75, 3.05) is 12.3 Å². The Morgan fingerprint density at radius 3 is 2.80 bits per heavy atom. The molecule has 0 radical (unpaired) electrons. The topological polar surface area (TPSA) is 65.5 Å². The molecule has 0 aliphatic heterocycles. The van der Waals surface area contributed by atoms with E-state index >= 15 is 0 Å². The van der Waals surface area contributed by atoms with Crippen LogP contribution < -0.4 is 15.9 Å². The van der Waals surface area contributed by atoms with E-state index in [4.69, 9.17) is 14.9 Å². The van der Waals surface area contributed by atoms with Gasteiger partial charge in [0.2, 0.25) is 5.43 Å². The average molecular weight is 267 g/mol. The van der Waals surface area contributed by atoms with Gasteiger partial charge in [-0.05, 0) is 24.3 Å². The molecule has 100 valence electrons. The van der Waals surface area contributed by atoms with Gasteiger partial charge >= 0.3 is 0 Å². The van der Waals surface area contributed by atoms with Crippen LogP contribution in [0.25, 0.3) is 21.9 Å². The van der Waals surface area contributed by atoms with Gasteiger partial charge in [-0.3, -0.25) is 4.79 Å². The number of hydrogen-bond donors (Lipinski definition) is 1. The molecule has 1 heterocycles.